The average Bonchev–Trinajstić information content (AvgIpc) is 2.43. The van der Waals surface area contributed by atoms with Crippen molar-refractivity contribution < 1.29 is 0 Å². The predicted octanol–water partition coefficient (Wildman–Crippen LogP) is 4.38. The maximum Gasteiger partial charge on any atom is 0.149 e. The minimum absolute atomic E-state index is 0.351. The molecule has 5 heteroatoms. The SMILES string of the molecule is CCC1(CC)CCN(c2nc(N)c(Cl)cc2Cl)CC1. The molecule has 3 nitrogen and oxygen atoms in total. The van der Waals surface area contributed by atoms with Gasteiger partial charge in [-0.25, -0.2) is 4.98 Å². The van der Waals surface area contributed by atoms with E-state index in [-0.39, 0.29) is 0 Å². The third-order valence-electron chi connectivity index (χ3n) is 4.56. The summed E-state index contributed by atoms with van der Waals surface area (Å²) in [6.45, 7) is 6.53. The maximum atomic E-state index is 6.23. The Morgan fingerprint density at radius 2 is 1.79 bits per heavy atom. The molecule has 106 valence electrons. The summed E-state index contributed by atoms with van der Waals surface area (Å²) in [5, 5.41) is 1.00. The Morgan fingerprint density at radius 1 is 1.21 bits per heavy atom. The monoisotopic (exact) mass is 301 g/mol. The van der Waals surface area contributed by atoms with Gasteiger partial charge in [-0.05, 0) is 24.3 Å². The largest absolute Gasteiger partial charge is 0.382 e. The van der Waals surface area contributed by atoms with E-state index >= 15 is 0 Å². The molecule has 0 spiro atoms. The molecule has 1 aromatic rings. The zero-order valence-electron chi connectivity index (χ0n) is 11.5. The van der Waals surface area contributed by atoms with Crippen molar-refractivity contribution in [2.45, 2.75) is 39.5 Å². The number of nitrogens with two attached hydrogens (primary N) is 1. The van der Waals surface area contributed by atoms with Crippen molar-refractivity contribution in [2.75, 3.05) is 23.7 Å². The molecule has 2 heterocycles. The van der Waals surface area contributed by atoms with Crippen molar-refractivity contribution in [3.63, 3.8) is 0 Å². The van der Waals surface area contributed by atoms with E-state index in [1.165, 1.54) is 25.7 Å². The summed E-state index contributed by atoms with van der Waals surface area (Å²) < 4.78 is 0. The van der Waals surface area contributed by atoms with Crippen molar-refractivity contribution in [1.82, 2.24) is 4.98 Å². The summed E-state index contributed by atoms with van der Waals surface area (Å²) in [6, 6.07) is 1.68. The van der Waals surface area contributed by atoms with Crippen molar-refractivity contribution in [1.29, 1.82) is 0 Å². The molecule has 0 unspecified atom stereocenters. The highest BCUT2D eigenvalue weighted by Gasteiger charge is 2.32. The molecule has 1 aliphatic heterocycles. The van der Waals surface area contributed by atoms with Crippen LogP contribution in [0.1, 0.15) is 39.5 Å². The van der Waals surface area contributed by atoms with Gasteiger partial charge in [0.15, 0.2) is 0 Å². The van der Waals surface area contributed by atoms with Crippen LogP contribution in [0.2, 0.25) is 10.0 Å². The van der Waals surface area contributed by atoms with E-state index in [2.05, 4.69) is 23.7 Å². The molecule has 0 amide bonds. The quantitative estimate of drug-likeness (QED) is 0.901. The zero-order valence-corrected chi connectivity index (χ0v) is 13.1. The Hall–Kier alpha value is -0.670. The number of aromatic nitrogens is 1. The Morgan fingerprint density at radius 3 is 2.32 bits per heavy atom. The number of nitrogen functional groups attached to an aromatic ring is 1. The van der Waals surface area contributed by atoms with Crippen molar-refractivity contribution in [2.24, 2.45) is 5.41 Å². The first-order valence-electron chi connectivity index (χ1n) is 6.88. The molecule has 1 aromatic heterocycles. The van der Waals surface area contributed by atoms with E-state index in [1.807, 2.05) is 0 Å². The van der Waals surface area contributed by atoms with Crippen molar-refractivity contribution in [3.05, 3.63) is 16.1 Å². The van der Waals surface area contributed by atoms with E-state index in [4.69, 9.17) is 28.9 Å². The van der Waals surface area contributed by atoms with Crippen LogP contribution in [0, 0.1) is 5.41 Å². The van der Waals surface area contributed by atoms with Gasteiger partial charge in [-0.2, -0.15) is 0 Å². The topological polar surface area (TPSA) is 42.2 Å². The summed E-state index contributed by atoms with van der Waals surface area (Å²) in [5.41, 5.74) is 6.26. The van der Waals surface area contributed by atoms with Gasteiger partial charge < -0.3 is 10.6 Å². The first-order valence-corrected chi connectivity index (χ1v) is 7.63. The number of pyridine rings is 1. The second-order valence-electron chi connectivity index (χ2n) is 5.36. The summed E-state index contributed by atoms with van der Waals surface area (Å²) in [5.74, 6) is 1.12. The number of nitrogens with zero attached hydrogens (tertiary/aromatic N) is 2. The molecule has 0 saturated carbocycles. The molecule has 1 saturated heterocycles. The third kappa shape index (κ3) is 2.92. The minimum Gasteiger partial charge on any atom is -0.382 e. The van der Waals surface area contributed by atoms with Crippen LogP contribution in [-0.4, -0.2) is 18.1 Å². The maximum absolute atomic E-state index is 6.23. The smallest absolute Gasteiger partial charge is 0.149 e. The van der Waals surface area contributed by atoms with Crippen molar-refractivity contribution >= 4 is 34.8 Å². The van der Waals surface area contributed by atoms with Gasteiger partial charge >= 0.3 is 0 Å². The van der Waals surface area contributed by atoms with Crippen LogP contribution in [0.5, 0.6) is 0 Å². The zero-order chi connectivity index (χ0) is 14.0. The lowest BCUT2D eigenvalue weighted by atomic mass is 9.74. The lowest BCUT2D eigenvalue weighted by Crippen LogP contribution is -2.40. The molecule has 0 bridgehead atoms. The highest BCUT2D eigenvalue weighted by Crippen LogP contribution is 2.40. The molecule has 0 atom stereocenters. The molecular formula is C14H21Cl2N3. The number of rotatable bonds is 3. The van der Waals surface area contributed by atoms with Gasteiger partial charge in [0.25, 0.3) is 0 Å². The third-order valence-corrected chi connectivity index (χ3v) is 5.14. The molecular weight excluding hydrogens is 281 g/mol. The fraction of sp³-hybridized carbons (Fsp3) is 0.643. The van der Waals surface area contributed by atoms with E-state index in [0.717, 1.165) is 18.9 Å². The van der Waals surface area contributed by atoms with Gasteiger partial charge in [0.1, 0.15) is 11.6 Å². The highest BCUT2D eigenvalue weighted by molar-refractivity contribution is 6.37. The first kappa shape index (κ1) is 14.7. The number of hydrogen-bond acceptors (Lipinski definition) is 3. The van der Waals surface area contributed by atoms with Gasteiger partial charge in [-0.15, -0.1) is 0 Å². The van der Waals surface area contributed by atoms with E-state index in [0.29, 0.717) is 21.3 Å². The summed E-state index contributed by atoms with van der Waals surface area (Å²) in [6.07, 6.45) is 4.84. The number of anilines is 2. The number of hydrogen-bond donors (Lipinski definition) is 1. The lowest BCUT2D eigenvalue weighted by Gasteiger charge is -2.41. The second-order valence-corrected chi connectivity index (χ2v) is 6.17. The Labute approximate surface area is 125 Å². The van der Waals surface area contributed by atoms with Crippen LogP contribution < -0.4 is 10.6 Å². The van der Waals surface area contributed by atoms with E-state index in [9.17, 15) is 0 Å². The van der Waals surface area contributed by atoms with Crippen molar-refractivity contribution in [3.8, 4) is 0 Å². The minimum atomic E-state index is 0.351. The Balaban J connectivity index is 2.16. The molecule has 2 N–H and O–H groups in total. The normalized spacial score (nSPS) is 18.6. The fourth-order valence-corrected chi connectivity index (χ4v) is 3.32. The summed E-state index contributed by atoms with van der Waals surface area (Å²) in [4.78, 5) is 6.56. The van der Waals surface area contributed by atoms with Crippen LogP contribution in [0.3, 0.4) is 0 Å². The second kappa shape index (κ2) is 5.76. The Bertz CT molecular complexity index is 448. The molecule has 0 radical (unpaired) electrons. The van der Waals surface area contributed by atoms with Crippen LogP contribution >= 0.6 is 23.2 Å². The summed E-state index contributed by atoms with van der Waals surface area (Å²) >= 11 is 12.2. The lowest BCUT2D eigenvalue weighted by molar-refractivity contribution is 0.199. The van der Waals surface area contributed by atoms with Gasteiger partial charge in [-0.3, -0.25) is 0 Å². The number of piperidine rings is 1. The Kier molecular flexibility index (Phi) is 4.46. The average molecular weight is 302 g/mol. The van der Waals surface area contributed by atoms with Crippen LogP contribution in [0.4, 0.5) is 11.6 Å². The first-order chi connectivity index (χ1) is 9.01. The van der Waals surface area contributed by atoms with Crippen LogP contribution in [-0.2, 0) is 0 Å². The van der Waals surface area contributed by atoms with E-state index in [1.54, 1.807) is 6.07 Å². The molecule has 1 aliphatic rings. The molecule has 0 aromatic carbocycles. The fourth-order valence-electron chi connectivity index (χ4n) is 2.84. The number of halogens is 2. The van der Waals surface area contributed by atoms with Gasteiger partial charge in [-0.1, -0.05) is 49.9 Å². The summed E-state index contributed by atoms with van der Waals surface area (Å²) in [7, 11) is 0. The molecule has 19 heavy (non-hydrogen) atoms. The van der Waals surface area contributed by atoms with Gasteiger partial charge in [0, 0.05) is 13.1 Å². The standard InChI is InChI=1S/C14H21Cl2N3/c1-3-14(4-2)5-7-19(8-6-14)13-11(16)9-10(15)12(17)18-13/h9H,3-8H2,1-2H3,(H2,17,18). The molecule has 0 aliphatic carbocycles. The molecule has 1 fully saturated rings. The highest BCUT2D eigenvalue weighted by atomic mass is 35.5. The van der Waals surface area contributed by atoms with Gasteiger partial charge in [0.05, 0.1) is 10.0 Å². The van der Waals surface area contributed by atoms with Crippen LogP contribution in [0.25, 0.3) is 0 Å². The van der Waals surface area contributed by atoms with Gasteiger partial charge in [0.2, 0.25) is 0 Å². The molecule has 2 rings (SSSR count). The van der Waals surface area contributed by atoms with Crippen LogP contribution in [0.15, 0.2) is 6.07 Å². The van der Waals surface area contributed by atoms with E-state index < -0.39 is 0 Å². The predicted molar refractivity (Wildman–Crippen MR) is 83.1 cm³/mol.